The first-order valence-electron chi connectivity index (χ1n) is 5.46. The highest BCUT2D eigenvalue weighted by molar-refractivity contribution is 6.19. The third kappa shape index (κ3) is 3.28. The number of nitrogens with zero attached hydrogens (tertiary/aromatic N) is 1. The topological polar surface area (TPSA) is 35.3 Å². The van der Waals surface area contributed by atoms with Crippen molar-refractivity contribution >= 4 is 11.6 Å². The minimum Gasteiger partial charge on any atom is -0.487 e. The van der Waals surface area contributed by atoms with Crippen LogP contribution in [0.15, 0.2) is 35.2 Å². The van der Waals surface area contributed by atoms with Crippen LogP contribution in [0, 0.1) is 18.8 Å². The van der Waals surface area contributed by atoms with Crippen molar-refractivity contribution in [2.45, 2.75) is 13.5 Å². The van der Waals surface area contributed by atoms with Gasteiger partial charge in [-0.3, -0.25) is 0 Å². The second-order valence-corrected chi connectivity index (χ2v) is 4.02. The number of aryl methyl sites for hydroxylation is 1. The predicted octanol–water partition coefficient (Wildman–Crippen LogP) is 3.15. The lowest BCUT2D eigenvalue weighted by Crippen LogP contribution is -1.96. The molecule has 0 aliphatic carbocycles. The number of hydrogen-bond acceptors (Lipinski definition) is 3. The lowest BCUT2D eigenvalue weighted by molar-refractivity contribution is 0.303. The van der Waals surface area contributed by atoms with E-state index in [2.05, 4.69) is 17.0 Å². The van der Waals surface area contributed by atoms with Gasteiger partial charge in [-0.2, -0.15) is 0 Å². The second kappa shape index (κ2) is 6.13. The summed E-state index contributed by atoms with van der Waals surface area (Å²) in [5, 5.41) is 3.62. The normalized spacial score (nSPS) is 9.67. The molecule has 0 radical (unpaired) electrons. The Balaban J connectivity index is 2.16. The third-order valence-electron chi connectivity index (χ3n) is 2.30. The highest BCUT2D eigenvalue weighted by Crippen LogP contribution is 2.20. The Kier molecular flexibility index (Phi) is 4.27. The maximum Gasteiger partial charge on any atom is 0.135 e. The predicted molar refractivity (Wildman–Crippen MR) is 69.6 cm³/mol. The quantitative estimate of drug-likeness (QED) is 0.629. The highest BCUT2D eigenvalue weighted by atomic mass is 35.5. The van der Waals surface area contributed by atoms with Crippen LogP contribution in [0.3, 0.4) is 0 Å². The zero-order valence-corrected chi connectivity index (χ0v) is 10.7. The Morgan fingerprint density at radius 2 is 2.33 bits per heavy atom. The molecule has 2 rings (SSSR count). The Labute approximate surface area is 111 Å². The van der Waals surface area contributed by atoms with Gasteiger partial charge in [0.1, 0.15) is 18.6 Å². The Morgan fingerprint density at radius 3 is 3.06 bits per heavy atom. The van der Waals surface area contributed by atoms with Gasteiger partial charge in [0.25, 0.3) is 0 Å². The molecular formula is C14H12ClNO2. The van der Waals surface area contributed by atoms with E-state index >= 15 is 0 Å². The fraction of sp³-hybridized carbons (Fsp3) is 0.214. The summed E-state index contributed by atoms with van der Waals surface area (Å²) in [5.41, 5.74) is 2.85. The van der Waals surface area contributed by atoms with Gasteiger partial charge in [-0.25, -0.2) is 0 Å². The smallest absolute Gasteiger partial charge is 0.135 e. The zero-order valence-electron chi connectivity index (χ0n) is 9.94. The molecule has 0 saturated carbocycles. The maximum absolute atomic E-state index is 5.69. The van der Waals surface area contributed by atoms with Crippen molar-refractivity contribution in [2.75, 3.05) is 5.88 Å². The van der Waals surface area contributed by atoms with Gasteiger partial charge < -0.3 is 9.26 Å². The number of rotatable bonds is 3. The monoisotopic (exact) mass is 261 g/mol. The van der Waals surface area contributed by atoms with Crippen molar-refractivity contribution in [3.63, 3.8) is 0 Å². The van der Waals surface area contributed by atoms with Crippen molar-refractivity contribution in [3.8, 4) is 17.6 Å². The van der Waals surface area contributed by atoms with Gasteiger partial charge >= 0.3 is 0 Å². The van der Waals surface area contributed by atoms with Crippen LogP contribution in [0.2, 0.25) is 0 Å². The van der Waals surface area contributed by atoms with Crippen molar-refractivity contribution in [2.24, 2.45) is 0 Å². The van der Waals surface area contributed by atoms with Gasteiger partial charge in [0.05, 0.1) is 17.6 Å². The molecule has 18 heavy (non-hydrogen) atoms. The first-order chi connectivity index (χ1) is 8.79. The molecule has 0 unspecified atom stereocenters. The summed E-state index contributed by atoms with van der Waals surface area (Å²) >= 11 is 5.57. The number of halogens is 1. The number of alkyl halides is 1. The maximum atomic E-state index is 5.69. The molecular weight excluding hydrogens is 250 g/mol. The molecule has 0 aliphatic heterocycles. The molecule has 0 amide bonds. The Hall–Kier alpha value is -1.92. The molecule has 0 N–H and O–H groups in total. The van der Waals surface area contributed by atoms with Gasteiger partial charge in [-0.1, -0.05) is 23.1 Å². The third-order valence-corrected chi connectivity index (χ3v) is 2.44. The van der Waals surface area contributed by atoms with Crippen LogP contribution in [0.25, 0.3) is 0 Å². The SMILES string of the molecule is Cc1ccc(OCc2cnoc2)c(C#CCCl)c1. The first kappa shape index (κ1) is 12.5. The molecule has 0 fully saturated rings. The summed E-state index contributed by atoms with van der Waals surface area (Å²) in [7, 11) is 0. The summed E-state index contributed by atoms with van der Waals surface area (Å²) < 4.78 is 10.4. The minimum atomic E-state index is 0.305. The Bertz CT molecular complexity index is 567. The van der Waals surface area contributed by atoms with Crippen molar-refractivity contribution in [1.82, 2.24) is 5.16 Å². The van der Waals surface area contributed by atoms with Crippen LogP contribution in [0.1, 0.15) is 16.7 Å². The first-order valence-corrected chi connectivity index (χ1v) is 5.99. The van der Waals surface area contributed by atoms with E-state index in [1.807, 2.05) is 25.1 Å². The van der Waals surface area contributed by atoms with Crippen LogP contribution in [-0.4, -0.2) is 11.0 Å². The van der Waals surface area contributed by atoms with E-state index in [0.29, 0.717) is 12.5 Å². The van der Waals surface area contributed by atoms with E-state index in [0.717, 1.165) is 22.4 Å². The number of aromatic nitrogens is 1. The largest absolute Gasteiger partial charge is 0.487 e. The van der Waals surface area contributed by atoms with E-state index in [1.165, 1.54) is 0 Å². The molecule has 2 aromatic rings. The molecule has 92 valence electrons. The van der Waals surface area contributed by atoms with E-state index in [4.69, 9.17) is 20.9 Å². The molecule has 4 heteroatoms. The van der Waals surface area contributed by atoms with Crippen molar-refractivity contribution in [1.29, 1.82) is 0 Å². The molecule has 1 aromatic heterocycles. The molecule has 0 atom stereocenters. The molecule has 0 saturated heterocycles. The van der Waals surface area contributed by atoms with Gasteiger partial charge in [0.2, 0.25) is 0 Å². The van der Waals surface area contributed by atoms with Crippen LogP contribution >= 0.6 is 11.6 Å². The average molecular weight is 262 g/mol. The molecule has 1 aromatic carbocycles. The van der Waals surface area contributed by atoms with Gasteiger partial charge in [0, 0.05) is 5.56 Å². The van der Waals surface area contributed by atoms with E-state index in [9.17, 15) is 0 Å². The van der Waals surface area contributed by atoms with Crippen LogP contribution < -0.4 is 4.74 Å². The lowest BCUT2D eigenvalue weighted by atomic mass is 10.1. The van der Waals surface area contributed by atoms with Crippen LogP contribution in [0.4, 0.5) is 0 Å². The summed E-state index contributed by atoms with van der Waals surface area (Å²) in [6.07, 6.45) is 3.18. The van der Waals surface area contributed by atoms with Crippen LogP contribution in [0.5, 0.6) is 5.75 Å². The lowest BCUT2D eigenvalue weighted by Gasteiger charge is -2.07. The Morgan fingerprint density at radius 1 is 1.44 bits per heavy atom. The van der Waals surface area contributed by atoms with Crippen LogP contribution in [-0.2, 0) is 6.61 Å². The zero-order chi connectivity index (χ0) is 12.8. The minimum absolute atomic E-state index is 0.305. The molecule has 0 bridgehead atoms. The van der Waals surface area contributed by atoms with E-state index < -0.39 is 0 Å². The summed E-state index contributed by atoms with van der Waals surface area (Å²) in [4.78, 5) is 0. The molecule has 1 heterocycles. The fourth-order valence-corrected chi connectivity index (χ4v) is 1.52. The summed E-state index contributed by atoms with van der Waals surface area (Å²) in [6.45, 7) is 2.41. The standard InChI is InChI=1S/C14H12ClNO2/c1-11-4-5-14(13(7-11)3-2-6-15)17-9-12-8-16-18-10-12/h4-5,7-8,10H,6,9H2,1H3. The van der Waals surface area contributed by atoms with Crippen molar-refractivity contribution in [3.05, 3.63) is 47.3 Å². The highest BCUT2D eigenvalue weighted by Gasteiger charge is 2.03. The fourth-order valence-electron chi connectivity index (χ4n) is 1.46. The molecule has 0 spiro atoms. The number of ether oxygens (including phenoxy) is 1. The molecule has 3 nitrogen and oxygen atoms in total. The second-order valence-electron chi connectivity index (χ2n) is 3.76. The molecule has 0 aliphatic rings. The number of benzene rings is 1. The van der Waals surface area contributed by atoms with Crippen molar-refractivity contribution < 1.29 is 9.26 Å². The van der Waals surface area contributed by atoms with Gasteiger partial charge in [-0.15, -0.1) is 11.6 Å². The van der Waals surface area contributed by atoms with Gasteiger partial charge in [0.15, 0.2) is 0 Å². The van der Waals surface area contributed by atoms with Gasteiger partial charge in [-0.05, 0) is 24.6 Å². The average Bonchev–Trinajstić information content (AvgIpc) is 2.88. The summed E-state index contributed by atoms with van der Waals surface area (Å²) in [5.74, 6) is 6.86. The summed E-state index contributed by atoms with van der Waals surface area (Å²) in [6, 6.07) is 5.86. The number of hydrogen-bond donors (Lipinski definition) is 0. The van der Waals surface area contributed by atoms with E-state index in [-0.39, 0.29) is 0 Å². The van der Waals surface area contributed by atoms with E-state index in [1.54, 1.807) is 12.5 Å².